The van der Waals surface area contributed by atoms with Crippen LogP contribution in [-0.4, -0.2) is 39.7 Å². The lowest BCUT2D eigenvalue weighted by atomic mass is 10.1. The minimum atomic E-state index is -1.85. The number of hydrogen-bond donors (Lipinski definition) is 0. The van der Waals surface area contributed by atoms with Gasteiger partial charge in [-0.25, -0.2) is 0 Å². The summed E-state index contributed by atoms with van der Waals surface area (Å²) in [5.74, 6) is 1.47. The molecule has 0 aliphatic carbocycles. The molecule has 0 spiro atoms. The molecule has 0 atom stereocenters. The number of ether oxygens (including phenoxy) is 2. The molecule has 1 aromatic rings. The standard InChI is InChI=1S/C17H27NO4Si/c1-17(2,3)23(5,6)22-11-18(4)16(19)10-13-7-8-14-15(9-13)21-12-20-14/h7-9H,10-12H2,1-6H3. The Balaban J connectivity index is 1.90. The fourth-order valence-electron chi connectivity index (χ4n) is 1.91. The van der Waals surface area contributed by atoms with Crippen LogP contribution in [0.2, 0.25) is 18.1 Å². The number of carbonyl (C=O) groups excluding carboxylic acids is 1. The van der Waals surface area contributed by atoms with E-state index in [2.05, 4.69) is 33.9 Å². The van der Waals surface area contributed by atoms with Crippen molar-refractivity contribution in [2.45, 2.75) is 45.3 Å². The van der Waals surface area contributed by atoms with Gasteiger partial charge < -0.3 is 18.8 Å². The Morgan fingerprint density at radius 1 is 1.26 bits per heavy atom. The summed E-state index contributed by atoms with van der Waals surface area (Å²) in [5, 5.41) is 0.133. The van der Waals surface area contributed by atoms with Gasteiger partial charge in [0.15, 0.2) is 19.8 Å². The van der Waals surface area contributed by atoms with Crippen LogP contribution in [-0.2, 0) is 15.6 Å². The van der Waals surface area contributed by atoms with E-state index in [1.54, 1.807) is 11.9 Å². The van der Waals surface area contributed by atoms with Crippen LogP contribution < -0.4 is 9.47 Å². The lowest BCUT2D eigenvalue weighted by Crippen LogP contribution is -2.44. The number of carbonyl (C=O) groups is 1. The SMILES string of the molecule is CN(CO[Si](C)(C)C(C)(C)C)C(=O)Cc1ccc2c(c1)OCO2. The Labute approximate surface area is 139 Å². The molecule has 1 aliphatic heterocycles. The van der Waals surface area contributed by atoms with Crippen molar-refractivity contribution < 1.29 is 18.7 Å². The zero-order valence-corrected chi connectivity index (χ0v) is 15.9. The molecule has 0 aromatic heterocycles. The van der Waals surface area contributed by atoms with Gasteiger partial charge in [0, 0.05) is 7.05 Å². The van der Waals surface area contributed by atoms with Crippen LogP contribution >= 0.6 is 0 Å². The van der Waals surface area contributed by atoms with Gasteiger partial charge in [0.1, 0.15) is 6.73 Å². The second kappa shape index (κ2) is 6.53. The fraction of sp³-hybridized carbons (Fsp3) is 0.588. The zero-order valence-electron chi connectivity index (χ0n) is 14.9. The molecule has 23 heavy (non-hydrogen) atoms. The summed E-state index contributed by atoms with van der Waals surface area (Å²) < 4.78 is 16.7. The maximum atomic E-state index is 12.4. The van der Waals surface area contributed by atoms with E-state index in [4.69, 9.17) is 13.9 Å². The molecule has 1 aromatic carbocycles. The van der Waals surface area contributed by atoms with Gasteiger partial charge in [-0.2, -0.15) is 0 Å². The summed E-state index contributed by atoms with van der Waals surface area (Å²) in [4.78, 5) is 14.0. The highest BCUT2D eigenvalue weighted by atomic mass is 28.4. The molecule has 0 saturated carbocycles. The summed E-state index contributed by atoms with van der Waals surface area (Å²) in [7, 11) is -0.0697. The number of nitrogens with zero attached hydrogens (tertiary/aromatic N) is 1. The number of fused-ring (bicyclic) bond motifs is 1. The lowest BCUT2D eigenvalue weighted by Gasteiger charge is -2.37. The topological polar surface area (TPSA) is 48.0 Å². The lowest BCUT2D eigenvalue weighted by molar-refractivity contribution is -0.131. The molecular weight excluding hydrogens is 310 g/mol. The van der Waals surface area contributed by atoms with Crippen LogP contribution in [0.15, 0.2) is 18.2 Å². The first kappa shape index (κ1) is 17.8. The van der Waals surface area contributed by atoms with Crippen molar-refractivity contribution in [2.24, 2.45) is 0 Å². The Hall–Kier alpha value is -1.53. The van der Waals surface area contributed by atoms with Crippen LogP contribution in [0.25, 0.3) is 0 Å². The Kier molecular flexibility index (Phi) is 5.06. The van der Waals surface area contributed by atoms with Gasteiger partial charge in [-0.15, -0.1) is 0 Å². The second-order valence-electron chi connectivity index (χ2n) is 7.49. The number of amides is 1. The average molecular weight is 337 g/mol. The van der Waals surface area contributed by atoms with E-state index in [0.29, 0.717) is 18.9 Å². The number of likely N-dealkylation sites (N-methyl/N-ethyl adjacent to an activating group) is 1. The van der Waals surface area contributed by atoms with Crippen LogP contribution in [0.5, 0.6) is 11.5 Å². The van der Waals surface area contributed by atoms with Crippen LogP contribution in [0.3, 0.4) is 0 Å². The first-order valence-corrected chi connectivity index (χ1v) is 10.8. The van der Waals surface area contributed by atoms with Crippen molar-refractivity contribution in [1.29, 1.82) is 0 Å². The molecule has 6 heteroatoms. The molecule has 0 radical (unpaired) electrons. The average Bonchev–Trinajstić information content (AvgIpc) is 2.91. The van der Waals surface area contributed by atoms with Crippen molar-refractivity contribution in [3.05, 3.63) is 23.8 Å². The summed E-state index contributed by atoms with van der Waals surface area (Å²) in [5.41, 5.74) is 0.915. The molecule has 1 heterocycles. The van der Waals surface area contributed by atoms with Gasteiger partial charge in [0.05, 0.1) is 6.42 Å². The summed E-state index contributed by atoms with van der Waals surface area (Å²) in [6.07, 6.45) is 0.327. The quantitative estimate of drug-likeness (QED) is 0.610. The van der Waals surface area contributed by atoms with Crippen LogP contribution in [0.4, 0.5) is 0 Å². The van der Waals surface area contributed by atoms with Gasteiger partial charge in [-0.1, -0.05) is 26.8 Å². The first-order chi connectivity index (χ1) is 10.6. The predicted octanol–water partition coefficient (Wildman–Crippen LogP) is 3.40. The number of hydrogen-bond acceptors (Lipinski definition) is 4. The predicted molar refractivity (Wildman–Crippen MR) is 92.2 cm³/mol. The van der Waals surface area contributed by atoms with Crippen molar-refractivity contribution in [3.63, 3.8) is 0 Å². The van der Waals surface area contributed by atoms with E-state index in [9.17, 15) is 4.79 Å². The van der Waals surface area contributed by atoms with E-state index in [-0.39, 0.29) is 17.7 Å². The second-order valence-corrected chi connectivity index (χ2v) is 12.3. The largest absolute Gasteiger partial charge is 0.454 e. The zero-order chi connectivity index (χ0) is 17.3. The third-order valence-corrected chi connectivity index (χ3v) is 9.11. The third kappa shape index (κ3) is 4.26. The summed E-state index contributed by atoms with van der Waals surface area (Å²) in [6, 6.07) is 5.60. The van der Waals surface area contributed by atoms with Crippen LogP contribution in [0.1, 0.15) is 26.3 Å². The van der Waals surface area contributed by atoms with Gasteiger partial charge in [-0.3, -0.25) is 4.79 Å². The van der Waals surface area contributed by atoms with E-state index in [1.165, 1.54) is 0 Å². The monoisotopic (exact) mass is 337 g/mol. The molecule has 0 fully saturated rings. The number of rotatable bonds is 5. The van der Waals surface area contributed by atoms with E-state index < -0.39 is 8.32 Å². The summed E-state index contributed by atoms with van der Waals surface area (Å²) in [6.45, 7) is 11.5. The van der Waals surface area contributed by atoms with Crippen molar-refractivity contribution in [2.75, 3.05) is 20.6 Å². The third-order valence-electron chi connectivity index (χ3n) is 4.64. The smallest absolute Gasteiger partial charge is 0.231 e. The highest BCUT2D eigenvalue weighted by Crippen LogP contribution is 2.36. The van der Waals surface area contributed by atoms with Crippen molar-refractivity contribution in [3.8, 4) is 11.5 Å². The van der Waals surface area contributed by atoms with Crippen molar-refractivity contribution in [1.82, 2.24) is 4.90 Å². The molecule has 1 aliphatic rings. The molecule has 0 bridgehead atoms. The molecule has 0 N–H and O–H groups in total. The highest BCUT2D eigenvalue weighted by Gasteiger charge is 2.37. The maximum Gasteiger partial charge on any atom is 0.231 e. The van der Waals surface area contributed by atoms with Gasteiger partial charge >= 0.3 is 0 Å². The van der Waals surface area contributed by atoms with Gasteiger partial charge in [-0.05, 0) is 35.8 Å². The van der Waals surface area contributed by atoms with Gasteiger partial charge in [0.2, 0.25) is 12.7 Å². The molecular formula is C17H27NO4Si. The van der Waals surface area contributed by atoms with E-state index in [0.717, 1.165) is 11.3 Å². The molecule has 5 nitrogen and oxygen atoms in total. The Morgan fingerprint density at radius 2 is 1.91 bits per heavy atom. The number of benzene rings is 1. The van der Waals surface area contributed by atoms with Crippen LogP contribution in [0, 0.1) is 0 Å². The minimum Gasteiger partial charge on any atom is -0.454 e. The van der Waals surface area contributed by atoms with E-state index in [1.807, 2.05) is 18.2 Å². The summed E-state index contributed by atoms with van der Waals surface area (Å²) >= 11 is 0. The van der Waals surface area contributed by atoms with Crippen molar-refractivity contribution >= 4 is 14.2 Å². The molecule has 0 unspecified atom stereocenters. The first-order valence-electron chi connectivity index (χ1n) is 7.86. The Morgan fingerprint density at radius 3 is 2.57 bits per heavy atom. The minimum absolute atomic E-state index is 0.0302. The van der Waals surface area contributed by atoms with Gasteiger partial charge in [0.25, 0.3) is 0 Å². The highest BCUT2D eigenvalue weighted by molar-refractivity contribution is 6.74. The molecule has 128 valence electrons. The fourth-order valence-corrected chi connectivity index (χ4v) is 2.86. The molecule has 0 saturated heterocycles. The van der Waals surface area contributed by atoms with E-state index >= 15 is 0 Å². The Bertz CT molecular complexity index is 580. The normalized spacial score (nSPS) is 14.0. The molecule has 1 amide bonds. The molecule has 2 rings (SSSR count). The maximum absolute atomic E-state index is 12.4.